The zero-order chi connectivity index (χ0) is 8.15. The number of hydrogen-bond acceptors (Lipinski definition) is 1. The first-order chi connectivity index (χ1) is 4.54. The number of nitrogens with one attached hydrogen (secondary N) is 1. The molecule has 1 atom stereocenters. The molecule has 0 amide bonds. The fourth-order valence-electron chi connectivity index (χ4n) is 0.717. The third kappa shape index (κ3) is 4.36. The standard InChI is InChI=1S/C8H18N2/c1-6(2)7(3)4-5-8(9)10/h6-7H,4-5H2,1-3H3,(H3,9,10). The fourth-order valence-corrected chi connectivity index (χ4v) is 0.717. The van der Waals surface area contributed by atoms with E-state index in [1.165, 1.54) is 0 Å². The monoisotopic (exact) mass is 142 g/mol. The summed E-state index contributed by atoms with van der Waals surface area (Å²) in [5.74, 6) is 1.70. The van der Waals surface area contributed by atoms with Gasteiger partial charge < -0.3 is 5.73 Å². The fraction of sp³-hybridized carbons (Fsp3) is 0.875. The van der Waals surface area contributed by atoms with E-state index in [2.05, 4.69) is 20.8 Å². The number of rotatable bonds is 4. The molecule has 60 valence electrons. The largest absolute Gasteiger partial charge is 0.388 e. The van der Waals surface area contributed by atoms with E-state index in [4.69, 9.17) is 11.1 Å². The Morgan fingerprint density at radius 1 is 1.40 bits per heavy atom. The molecule has 0 rings (SSSR count). The molecule has 0 spiro atoms. The predicted octanol–water partition coefficient (Wildman–Crippen LogP) is 1.99. The number of amidine groups is 1. The van der Waals surface area contributed by atoms with Crippen molar-refractivity contribution >= 4 is 5.84 Å². The van der Waals surface area contributed by atoms with E-state index < -0.39 is 0 Å². The maximum Gasteiger partial charge on any atom is 0.0905 e. The van der Waals surface area contributed by atoms with Gasteiger partial charge in [0.05, 0.1) is 5.84 Å². The number of nitrogens with two attached hydrogens (primary N) is 1. The van der Waals surface area contributed by atoms with Gasteiger partial charge in [-0.2, -0.15) is 0 Å². The molecule has 0 aromatic heterocycles. The van der Waals surface area contributed by atoms with Crippen LogP contribution in [0.3, 0.4) is 0 Å². The third-order valence-electron chi connectivity index (χ3n) is 2.01. The summed E-state index contributed by atoms with van der Waals surface area (Å²) in [5.41, 5.74) is 5.22. The highest BCUT2D eigenvalue weighted by Gasteiger charge is 2.06. The van der Waals surface area contributed by atoms with Gasteiger partial charge in [0.2, 0.25) is 0 Å². The first-order valence-electron chi connectivity index (χ1n) is 3.87. The van der Waals surface area contributed by atoms with Crippen LogP contribution in [-0.2, 0) is 0 Å². The van der Waals surface area contributed by atoms with Crippen LogP contribution in [0.5, 0.6) is 0 Å². The van der Waals surface area contributed by atoms with Gasteiger partial charge in [0, 0.05) is 6.42 Å². The van der Waals surface area contributed by atoms with Gasteiger partial charge >= 0.3 is 0 Å². The molecule has 0 fully saturated rings. The van der Waals surface area contributed by atoms with E-state index in [-0.39, 0.29) is 0 Å². The van der Waals surface area contributed by atoms with E-state index in [0.717, 1.165) is 12.8 Å². The summed E-state index contributed by atoms with van der Waals surface area (Å²) in [6, 6.07) is 0. The van der Waals surface area contributed by atoms with E-state index in [0.29, 0.717) is 17.7 Å². The predicted molar refractivity (Wildman–Crippen MR) is 45.2 cm³/mol. The highest BCUT2D eigenvalue weighted by molar-refractivity contribution is 5.76. The van der Waals surface area contributed by atoms with E-state index in [1.807, 2.05) is 0 Å². The highest BCUT2D eigenvalue weighted by Crippen LogP contribution is 2.15. The summed E-state index contributed by atoms with van der Waals surface area (Å²) in [6.07, 6.45) is 1.80. The molecule has 0 aromatic carbocycles. The summed E-state index contributed by atoms with van der Waals surface area (Å²) in [4.78, 5) is 0. The van der Waals surface area contributed by atoms with Crippen LogP contribution in [0.2, 0.25) is 0 Å². The lowest BCUT2D eigenvalue weighted by atomic mass is 9.93. The van der Waals surface area contributed by atoms with Crippen molar-refractivity contribution in [2.75, 3.05) is 0 Å². The lowest BCUT2D eigenvalue weighted by Gasteiger charge is -2.13. The molecule has 2 heteroatoms. The normalized spacial score (nSPS) is 13.6. The maximum absolute atomic E-state index is 7.01. The summed E-state index contributed by atoms with van der Waals surface area (Å²) in [5, 5.41) is 7.01. The molecule has 0 bridgehead atoms. The molecule has 0 aliphatic carbocycles. The Bertz CT molecular complexity index is 108. The second-order valence-electron chi connectivity index (χ2n) is 3.29. The Balaban J connectivity index is 3.39. The minimum atomic E-state index is 0.313. The molecule has 0 saturated heterocycles. The minimum Gasteiger partial charge on any atom is -0.388 e. The third-order valence-corrected chi connectivity index (χ3v) is 2.01. The Morgan fingerprint density at radius 2 is 1.90 bits per heavy atom. The van der Waals surface area contributed by atoms with Crippen LogP contribution in [0.15, 0.2) is 0 Å². The van der Waals surface area contributed by atoms with Crippen LogP contribution >= 0.6 is 0 Å². The van der Waals surface area contributed by atoms with E-state index in [9.17, 15) is 0 Å². The molecule has 1 unspecified atom stereocenters. The lowest BCUT2D eigenvalue weighted by Crippen LogP contribution is -2.13. The van der Waals surface area contributed by atoms with Crippen molar-refractivity contribution < 1.29 is 0 Å². The van der Waals surface area contributed by atoms with Crippen molar-refractivity contribution in [2.45, 2.75) is 33.6 Å². The molecule has 0 aliphatic heterocycles. The van der Waals surface area contributed by atoms with Gasteiger partial charge in [-0.25, -0.2) is 0 Å². The zero-order valence-electron chi connectivity index (χ0n) is 7.15. The van der Waals surface area contributed by atoms with E-state index in [1.54, 1.807) is 0 Å². The molecule has 10 heavy (non-hydrogen) atoms. The molecule has 0 radical (unpaired) electrons. The summed E-state index contributed by atoms with van der Waals surface area (Å²) >= 11 is 0. The van der Waals surface area contributed by atoms with Gasteiger partial charge in [-0.1, -0.05) is 20.8 Å². The summed E-state index contributed by atoms with van der Waals surface area (Å²) in [7, 11) is 0. The average Bonchev–Trinajstić information content (AvgIpc) is 1.82. The molecule has 0 saturated carbocycles. The molecule has 0 aliphatic rings. The second-order valence-corrected chi connectivity index (χ2v) is 3.29. The summed E-state index contributed by atoms with van der Waals surface area (Å²) < 4.78 is 0. The molecular formula is C8H18N2. The van der Waals surface area contributed by atoms with Crippen LogP contribution in [0, 0.1) is 17.2 Å². The average molecular weight is 142 g/mol. The van der Waals surface area contributed by atoms with Crippen molar-refractivity contribution in [3.05, 3.63) is 0 Å². The SMILES string of the molecule is CC(C)C(C)CCC(=N)N. The Morgan fingerprint density at radius 3 is 2.20 bits per heavy atom. The molecule has 0 aromatic rings. The molecular weight excluding hydrogens is 124 g/mol. The van der Waals surface area contributed by atoms with Crippen molar-refractivity contribution in [2.24, 2.45) is 17.6 Å². The smallest absolute Gasteiger partial charge is 0.0905 e. The first kappa shape index (κ1) is 9.47. The Hall–Kier alpha value is -0.530. The topological polar surface area (TPSA) is 49.9 Å². The van der Waals surface area contributed by atoms with E-state index >= 15 is 0 Å². The van der Waals surface area contributed by atoms with Gasteiger partial charge in [0.15, 0.2) is 0 Å². The van der Waals surface area contributed by atoms with Crippen molar-refractivity contribution in [3.63, 3.8) is 0 Å². The van der Waals surface area contributed by atoms with Crippen LogP contribution in [0.25, 0.3) is 0 Å². The highest BCUT2D eigenvalue weighted by atomic mass is 14.7. The maximum atomic E-state index is 7.01. The summed E-state index contributed by atoms with van der Waals surface area (Å²) in [6.45, 7) is 6.60. The number of hydrogen-bond donors (Lipinski definition) is 2. The van der Waals surface area contributed by atoms with Gasteiger partial charge in [-0.05, 0) is 18.3 Å². The molecule has 3 N–H and O–H groups in total. The quantitative estimate of drug-likeness (QED) is 0.457. The van der Waals surface area contributed by atoms with Crippen molar-refractivity contribution in [1.82, 2.24) is 0 Å². The van der Waals surface area contributed by atoms with Crippen LogP contribution < -0.4 is 5.73 Å². The van der Waals surface area contributed by atoms with Crippen molar-refractivity contribution in [3.8, 4) is 0 Å². The second kappa shape index (κ2) is 4.31. The van der Waals surface area contributed by atoms with Crippen molar-refractivity contribution in [1.29, 1.82) is 5.41 Å². The van der Waals surface area contributed by atoms with Gasteiger partial charge in [0.25, 0.3) is 0 Å². The zero-order valence-corrected chi connectivity index (χ0v) is 7.15. The lowest BCUT2D eigenvalue weighted by molar-refractivity contribution is 0.398. The van der Waals surface area contributed by atoms with Gasteiger partial charge in [0.1, 0.15) is 0 Å². The Labute approximate surface area is 63.3 Å². The van der Waals surface area contributed by atoms with Gasteiger partial charge in [-0.3, -0.25) is 5.41 Å². The molecule has 2 nitrogen and oxygen atoms in total. The molecule has 0 heterocycles. The van der Waals surface area contributed by atoms with Crippen LogP contribution in [0.1, 0.15) is 33.6 Å². The minimum absolute atomic E-state index is 0.313. The van der Waals surface area contributed by atoms with Crippen LogP contribution in [0.4, 0.5) is 0 Å². The first-order valence-corrected chi connectivity index (χ1v) is 3.87. The van der Waals surface area contributed by atoms with Gasteiger partial charge in [-0.15, -0.1) is 0 Å². The Kier molecular flexibility index (Phi) is 4.08. The van der Waals surface area contributed by atoms with Crippen LogP contribution in [-0.4, -0.2) is 5.84 Å².